The SMILES string of the molecule is CC(C)(C)OC(=O)OC(=O)OC(C)(C)C.CC(C)(C)OC(=O)OCCCC(=O)O.CC(C)(C)OC(=O)OCCCCO.OCCCCO. The van der Waals surface area contributed by atoms with Gasteiger partial charge in [0.15, 0.2) is 0 Å². The van der Waals surface area contributed by atoms with Crippen molar-refractivity contribution in [2.45, 2.75) is 144 Å². The van der Waals surface area contributed by atoms with E-state index in [0.29, 0.717) is 25.9 Å². The summed E-state index contributed by atoms with van der Waals surface area (Å²) in [4.78, 5) is 53.9. The summed E-state index contributed by atoms with van der Waals surface area (Å²) in [6.45, 7) is 21.4. The van der Waals surface area contributed by atoms with Crippen LogP contribution in [0.2, 0.25) is 0 Å². The molecule has 0 aliphatic carbocycles. The Bertz CT molecular complexity index is 845. The van der Waals surface area contributed by atoms with E-state index in [1.54, 1.807) is 83.1 Å². The van der Waals surface area contributed by atoms with Gasteiger partial charge >= 0.3 is 30.6 Å². The molecule has 16 nitrogen and oxygen atoms in total. The number of hydrogen-bond donors (Lipinski definition) is 4. The summed E-state index contributed by atoms with van der Waals surface area (Å²) in [5.74, 6) is -0.905. The molecule has 0 radical (unpaired) electrons. The number of hydrogen-bond acceptors (Lipinski definition) is 15. The van der Waals surface area contributed by atoms with Crippen molar-refractivity contribution < 1.29 is 77.6 Å². The molecule has 0 unspecified atom stereocenters. The molecule has 0 aromatic heterocycles. The second-order valence-electron chi connectivity index (χ2n) is 13.7. The quantitative estimate of drug-likeness (QED) is 0.0819. The zero-order chi connectivity index (χ0) is 38.6. The van der Waals surface area contributed by atoms with Crippen LogP contribution in [0.5, 0.6) is 0 Å². The van der Waals surface area contributed by atoms with Gasteiger partial charge in [-0.3, -0.25) is 4.79 Å². The van der Waals surface area contributed by atoms with Crippen LogP contribution < -0.4 is 0 Å². The summed E-state index contributed by atoms with van der Waals surface area (Å²) < 4.78 is 32.9. The van der Waals surface area contributed by atoms with Crippen molar-refractivity contribution in [1.29, 1.82) is 0 Å². The molecule has 0 saturated carbocycles. The van der Waals surface area contributed by atoms with Gasteiger partial charge < -0.3 is 53.6 Å². The minimum atomic E-state index is -1.06. The van der Waals surface area contributed by atoms with Crippen LogP contribution in [0.4, 0.5) is 19.2 Å². The molecular weight excluding hydrogens is 640 g/mol. The highest BCUT2D eigenvalue weighted by molar-refractivity contribution is 5.77. The number of unbranched alkanes of at least 4 members (excludes halogenated alkanes) is 2. The van der Waals surface area contributed by atoms with Crippen LogP contribution in [-0.4, -0.2) is 106 Å². The van der Waals surface area contributed by atoms with Crippen LogP contribution in [-0.2, 0) is 38.0 Å². The lowest BCUT2D eigenvalue weighted by Gasteiger charge is -2.20. The maximum Gasteiger partial charge on any atom is 0.519 e. The standard InChI is InChI=1S/C10H18O5.C9H16O5.C9H18O4.C4H10O2/c1-9(2,3)14-7(11)13-8(12)15-10(4,5)6;1-9(2,3)14-8(12)13-6-4-5-7(10)11;1-9(2,3)13-8(11)12-7-5-4-6-10;5-3-1-2-4-6/h1-6H3;4-6H2,1-3H3,(H,10,11);10H,4-7H2,1-3H3;5-6H,1-4H2. The number of carbonyl (C=O) groups is 5. The van der Waals surface area contributed by atoms with Crippen LogP contribution in [0.25, 0.3) is 0 Å². The van der Waals surface area contributed by atoms with Gasteiger partial charge in [-0.2, -0.15) is 0 Å². The van der Waals surface area contributed by atoms with Crippen LogP contribution in [0.15, 0.2) is 0 Å². The molecule has 0 rings (SSSR count). The van der Waals surface area contributed by atoms with Crippen LogP contribution in [0, 0.1) is 0 Å². The highest BCUT2D eigenvalue weighted by Crippen LogP contribution is 2.12. The number of rotatable bonds is 11. The third kappa shape index (κ3) is 55.1. The number of carboxylic acids is 1. The lowest BCUT2D eigenvalue weighted by atomic mass is 10.2. The van der Waals surface area contributed by atoms with Crippen molar-refractivity contribution in [2.24, 2.45) is 0 Å². The van der Waals surface area contributed by atoms with E-state index in [2.05, 4.69) is 9.47 Å². The normalized spacial score (nSPS) is 11.0. The average Bonchev–Trinajstić information content (AvgIpc) is 2.84. The molecule has 0 spiro atoms. The fourth-order valence-electron chi connectivity index (χ4n) is 2.14. The Morgan fingerprint density at radius 3 is 0.979 bits per heavy atom. The molecule has 0 aliphatic rings. The van der Waals surface area contributed by atoms with Crippen LogP contribution >= 0.6 is 0 Å². The Hall–Kier alpha value is -3.37. The van der Waals surface area contributed by atoms with Gasteiger partial charge in [-0.1, -0.05) is 0 Å². The molecule has 4 N–H and O–H groups in total. The first-order chi connectivity index (χ1) is 21.7. The first-order valence-electron chi connectivity index (χ1n) is 15.6. The van der Waals surface area contributed by atoms with Crippen molar-refractivity contribution >= 4 is 30.6 Å². The van der Waals surface area contributed by atoms with E-state index in [1.807, 2.05) is 0 Å². The smallest absolute Gasteiger partial charge is 0.481 e. The largest absolute Gasteiger partial charge is 0.519 e. The first-order valence-corrected chi connectivity index (χ1v) is 15.6. The monoisotopic (exact) mass is 702 g/mol. The van der Waals surface area contributed by atoms with E-state index in [0.717, 1.165) is 12.8 Å². The summed E-state index contributed by atoms with van der Waals surface area (Å²) in [6, 6.07) is 0. The molecule has 0 aromatic rings. The molecule has 48 heavy (non-hydrogen) atoms. The van der Waals surface area contributed by atoms with Crippen LogP contribution in [0.1, 0.15) is 122 Å². The molecule has 0 aromatic carbocycles. The van der Waals surface area contributed by atoms with E-state index in [1.165, 1.54) is 0 Å². The van der Waals surface area contributed by atoms with Gasteiger partial charge in [0, 0.05) is 26.2 Å². The minimum Gasteiger partial charge on any atom is -0.481 e. The fourth-order valence-corrected chi connectivity index (χ4v) is 2.14. The predicted molar refractivity (Wildman–Crippen MR) is 175 cm³/mol. The van der Waals surface area contributed by atoms with Gasteiger partial charge in [0.2, 0.25) is 0 Å². The summed E-state index contributed by atoms with van der Waals surface area (Å²) in [6.07, 6.45) is -0.495. The lowest BCUT2D eigenvalue weighted by Crippen LogP contribution is -2.29. The predicted octanol–water partition coefficient (Wildman–Crippen LogP) is 6.14. The number of aliphatic carboxylic acids is 1. The molecule has 286 valence electrons. The highest BCUT2D eigenvalue weighted by Gasteiger charge is 2.24. The van der Waals surface area contributed by atoms with Crippen molar-refractivity contribution in [3.05, 3.63) is 0 Å². The molecule has 0 amide bonds. The van der Waals surface area contributed by atoms with Gasteiger partial charge in [-0.25, -0.2) is 19.2 Å². The topological polar surface area (TPSA) is 231 Å². The van der Waals surface area contributed by atoms with Crippen LogP contribution in [0.3, 0.4) is 0 Å². The lowest BCUT2D eigenvalue weighted by molar-refractivity contribution is -0.137. The average molecular weight is 703 g/mol. The van der Waals surface area contributed by atoms with Crippen molar-refractivity contribution in [3.8, 4) is 0 Å². The minimum absolute atomic E-state index is 0.0111. The van der Waals surface area contributed by atoms with Crippen molar-refractivity contribution in [3.63, 3.8) is 0 Å². The van der Waals surface area contributed by atoms with Crippen molar-refractivity contribution in [1.82, 2.24) is 0 Å². The first kappa shape index (κ1) is 51.5. The van der Waals surface area contributed by atoms with E-state index in [4.69, 9.17) is 44.1 Å². The van der Waals surface area contributed by atoms with Gasteiger partial charge in [-0.05, 0) is 115 Å². The molecule has 16 heteroatoms. The summed E-state index contributed by atoms with van der Waals surface area (Å²) >= 11 is 0. The molecule has 0 bridgehead atoms. The third-order valence-corrected chi connectivity index (χ3v) is 3.82. The highest BCUT2D eigenvalue weighted by atomic mass is 16.8. The maximum atomic E-state index is 11.0. The van der Waals surface area contributed by atoms with Gasteiger partial charge in [0.05, 0.1) is 13.2 Å². The number of ether oxygens (including phenoxy) is 7. The Labute approximate surface area is 285 Å². The Kier molecular flexibility index (Phi) is 29.6. The third-order valence-electron chi connectivity index (χ3n) is 3.82. The zero-order valence-corrected chi connectivity index (χ0v) is 31.0. The van der Waals surface area contributed by atoms with Gasteiger partial charge in [-0.15, -0.1) is 0 Å². The second-order valence-corrected chi connectivity index (χ2v) is 13.7. The molecule has 0 aliphatic heterocycles. The number of aliphatic hydroxyl groups is 3. The number of aliphatic hydroxyl groups excluding tert-OH is 3. The zero-order valence-electron chi connectivity index (χ0n) is 31.0. The Balaban J connectivity index is -0.000000279. The van der Waals surface area contributed by atoms with E-state index in [-0.39, 0.29) is 32.8 Å². The van der Waals surface area contributed by atoms with Gasteiger partial charge in [0.25, 0.3) is 0 Å². The number of carbonyl (C=O) groups excluding carboxylic acids is 4. The van der Waals surface area contributed by atoms with E-state index < -0.39 is 53.0 Å². The summed E-state index contributed by atoms with van der Waals surface area (Å²) in [5, 5.41) is 32.9. The van der Waals surface area contributed by atoms with E-state index in [9.17, 15) is 24.0 Å². The number of carboxylic acid groups (broad SMARTS) is 1. The molecule has 0 saturated heterocycles. The molecule has 0 atom stereocenters. The van der Waals surface area contributed by atoms with E-state index >= 15 is 0 Å². The van der Waals surface area contributed by atoms with Gasteiger partial charge in [0.1, 0.15) is 22.4 Å². The molecular formula is C32H62O16. The van der Waals surface area contributed by atoms with Crippen molar-refractivity contribution in [2.75, 3.05) is 33.0 Å². The summed E-state index contributed by atoms with van der Waals surface area (Å²) in [5.41, 5.74) is -2.48. The fraction of sp³-hybridized carbons (Fsp3) is 0.844. The maximum absolute atomic E-state index is 11.0. The Morgan fingerprint density at radius 2 is 0.708 bits per heavy atom. The molecule has 0 heterocycles. The Morgan fingerprint density at radius 1 is 0.438 bits per heavy atom. The summed E-state index contributed by atoms with van der Waals surface area (Å²) in [7, 11) is 0. The second kappa shape index (κ2) is 27.6. The molecule has 0 fully saturated rings.